The number of nitrogen functional groups attached to an aromatic ring is 1. The van der Waals surface area contributed by atoms with Crippen LogP contribution in [0.2, 0.25) is 0 Å². The highest BCUT2D eigenvalue weighted by Gasteiger charge is 2.14. The minimum atomic E-state index is -1.03. The summed E-state index contributed by atoms with van der Waals surface area (Å²) in [4.78, 5) is 0. The lowest BCUT2D eigenvalue weighted by Crippen LogP contribution is -2.02. The number of aromatic nitrogens is 4. The van der Waals surface area contributed by atoms with E-state index in [1.807, 2.05) is 0 Å². The Morgan fingerprint density at radius 1 is 0.905 bits per heavy atom. The molecule has 1 aromatic heterocycles. The lowest BCUT2D eigenvalue weighted by molar-refractivity contribution is 0.507. The molecule has 5 nitrogen and oxygen atoms in total. The van der Waals surface area contributed by atoms with Crippen LogP contribution >= 0.6 is 0 Å². The quantitative estimate of drug-likeness (QED) is 0.736. The average Bonchev–Trinajstić information content (AvgIpc) is 2.94. The van der Waals surface area contributed by atoms with Gasteiger partial charge in [0.2, 0.25) is 0 Å². The molecule has 0 bridgehead atoms. The Morgan fingerprint density at radius 3 is 2.43 bits per heavy atom. The van der Waals surface area contributed by atoms with Crippen LogP contribution in [-0.4, -0.2) is 20.2 Å². The van der Waals surface area contributed by atoms with Crippen molar-refractivity contribution in [3.05, 3.63) is 53.8 Å². The normalized spacial score (nSPS) is 10.8. The third kappa shape index (κ3) is 2.31. The minimum Gasteiger partial charge on any atom is -0.396 e. The first-order valence-corrected chi connectivity index (χ1v) is 5.85. The van der Waals surface area contributed by atoms with Crippen molar-refractivity contribution in [2.24, 2.45) is 0 Å². The van der Waals surface area contributed by atoms with Gasteiger partial charge in [-0.25, -0.2) is 13.2 Å². The second-order valence-electron chi connectivity index (χ2n) is 4.25. The Bertz CT molecular complexity index is 749. The van der Waals surface area contributed by atoms with Crippen molar-refractivity contribution in [1.29, 1.82) is 0 Å². The molecule has 3 rings (SSSR count). The number of benzene rings is 2. The summed E-state index contributed by atoms with van der Waals surface area (Å²) in [5.41, 5.74) is 5.97. The number of rotatable bonds is 2. The fraction of sp³-hybridized carbons (Fsp3) is 0. The fourth-order valence-corrected chi connectivity index (χ4v) is 1.82. The summed E-state index contributed by atoms with van der Waals surface area (Å²) < 4.78 is 40.9. The van der Waals surface area contributed by atoms with E-state index < -0.39 is 17.5 Å². The molecular formula is C13H8F3N5. The molecule has 2 aromatic carbocycles. The predicted molar refractivity (Wildman–Crippen MR) is 68.9 cm³/mol. The van der Waals surface area contributed by atoms with E-state index in [0.717, 1.165) is 18.2 Å². The van der Waals surface area contributed by atoms with Crippen molar-refractivity contribution in [2.45, 2.75) is 0 Å². The van der Waals surface area contributed by atoms with Crippen molar-refractivity contribution in [3.8, 4) is 17.1 Å². The predicted octanol–water partition coefficient (Wildman–Crippen LogP) is 2.33. The van der Waals surface area contributed by atoms with E-state index in [4.69, 9.17) is 5.73 Å². The molecule has 21 heavy (non-hydrogen) atoms. The Balaban J connectivity index is 2.12. The van der Waals surface area contributed by atoms with Crippen molar-refractivity contribution < 1.29 is 13.2 Å². The summed E-state index contributed by atoms with van der Waals surface area (Å²) in [6.07, 6.45) is 0. The Kier molecular flexibility index (Phi) is 3.05. The van der Waals surface area contributed by atoms with Crippen LogP contribution in [0.4, 0.5) is 18.9 Å². The maximum atomic E-state index is 13.5. The van der Waals surface area contributed by atoms with Gasteiger partial charge in [-0.05, 0) is 40.8 Å². The van der Waals surface area contributed by atoms with E-state index >= 15 is 0 Å². The van der Waals surface area contributed by atoms with Gasteiger partial charge in [-0.15, -0.1) is 5.10 Å². The van der Waals surface area contributed by atoms with Crippen molar-refractivity contribution >= 4 is 5.69 Å². The van der Waals surface area contributed by atoms with Crippen LogP contribution in [0.5, 0.6) is 0 Å². The van der Waals surface area contributed by atoms with Gasteiger partial charge in [-0.1, -0.05) is 0 Å². The van der Waals surface area contributed by atoms with Crippen LogP contribution in [0, 0.1) is 17.5 Å². The largest absolute Gasteiger partial charge is 0.396 e. The van der Waals surface area contributed by atoms with Crippen LogP contribution in [0.3, 0.4) is 0 Å². The number of tetrazole rings is 1. The number of hydrogen-bond donors (Lipinski definition) is 1. The molecule has 3 aromatic rings. The second-order valence-corrected chi connectivity index (χ2v) is 4.25. The highest BCUT2D eigenvalue weighted by molar-refractivity contribution is 5.60. The van der Waals surface area contributed by atoms with Gasteiger partial charge in [-0.3, -0.25) is 0 Å². The number of anilines is 1. The zero-order chi connectivity index (χ0) is 15.0. The van der Waals surface area contributed by atoms with E-state index in [1.54, 1.807) is 0 Å². The minimum absolute atomic E-state index is 0.00870. The maximum absolute atomic E-state index is 13.5. The lowest BCUT2D eigenvalue weighted by Gasteiger charge is -2.06. The van der Waals surface area contributed by atoms with E-state index in [0.29, 0.717) is 5.56 Å². The SMILES string of the molecule is Nc1ccc(-c2nnnn2-c2ccc(F)c(F)c2)cc1F. The zero-order valence-corrected chi connectivity index (χ0v) is 10.5. The number of nitrogens with zero attached hydrogens (tertiary/aromatic N) is 4. The maximum Gasteiger partial charge on any atom is 0.187 e. The van der Waals surface area contributed by atoms with Crippen molar-refractivity contribution in [2.75, 3.05) is 5.73 Å². The Morgan fingerprint density at radius 2 is 1.71 bits per heavy atom. The smallest absolute Gasteiger partial charge is 0.187 e. The van der Waals surface area contributed by atoms with Crippen LogP contribution in [-0.2, 0) is 0 Å². The first-order valence-electron chi connectivity index (χ1n) is 5.85. The van der Waals surface area contributed by atoms with Crippen molar-refractivity contribution in [1.82, 2.24) is 20.2 Å². The fourth-order valence-electron chi connectivity index (χ4n) is 1.82. The van der Waals surface area contributed by atoms with Crippen LogP contribution in [0.25, 0.3) is 17.1 Å². The molecule has 1 heterocycles. The molecular weight excluding hydrogens is 283 g/mol. The van der Waals surface area contributed by atoms with E-state index in [9.17, 15) is 13.2 Å². The van der Waals surface area contributed by atoms with Crippen LogP contribution in [0.1, 0.15) is 0 Å². The molecule has 0 radical (unpaired) electrons. The highest BCUT2D eigenvalue weighted by atomic mass is 19.2. The molecule has 0 spiro atoms. The summed E-state index contributed by atoms with van der Waals surface area (Å²) in [7, 11) is 0. The van der Waals surface area contributed by atoms with Gasteiger partial charge in [0.15, 0.2) is 17.5 Å². The molecule has 0 saturated heterocycles. The molecule has 0 aliphatic heterocycles. The molecule has 0 amide bonds. The molecule has 0 aliphatic rings. The van der Waals surface area contributed by atoms with Gasteiger partial charge in [0.1, 0.15) is 5.82 Å². The van der Waals surface area contributed by atoms with Gasteiger partial charge in [0.25, 0.3) is 0 Å². The summed E-state index contributed by atoms with van der Waals surface area (Å²) in [5.74, 6) is -2.45. The summed E-state index contributed by atoms with van der Waals surface area (Å²) >= 11 is 0. The number of halogens is 3. The Labute approximate surface area is 116 Å². The van der Waals surface area contributed by atoms with Crippen LogP contribution in [0.15, 0.2) is 36.4 Å². The van der Waals surface area contributed by atoms with Gasteiger partial charge < -0.3 is 5.73 Å². The molecule has 8 heteroatoms. The molecule has 0 unspecified atom stereocenters. The number of nitrogens with two attached hydrogens (primary N) is 1. The van der Waals surface area contributed by atoms with Crippen molar-refractivity contribution in [3.63, 3.8) is 0 Å². The first-order chi connectivity index (χ1) is 10.1. The van der Waals surface area contributed by atoms with Crippen LogP contribution < -0.4 is 5.73 Å². The molecule has 0 atom stereocenters. The van der Waals surface area contributed by atoms with E-state index in [-0.39, 0.29) is 17.2 Å². The van der Waals surface area contributed by atoms with Gasteiger partial charge >= 0.3 is 0 Å². The first kappa shape index (κ1) is 13.1. The monoisotopic (exact) mass is 291 g/mol. The van der Waals surface area contributed by atoms with Gasteiger partial charge in [-0.2, -0.15) is 4.68 Å². The molecule has 0 aliphatic carbocycles. The average molecular weight is 291 g/mol. The third-order valence-corrected chi connectivity index (χ3v) is 2.88. The molecule has 2 N–H and O–H groups in total. The number of hydrogen-bond acceptors (Lipinski definition) is 4. The van der Waals surface area contributed by atoms with Gasteiger partial charge in [0.05, 0.1) is 11.4 Å². The second kappa shape index (κ2) is 4.89. The standard InChI is InChI=1S/C13H8F3N5/c14-9-3-2-8(6-10(9)15)21-13(18-19-20-21)7-1-4-12(17)11(16)5-7/h1-6H,17H2. The Hall–Kier alpha value is -2.90. The summed E-state index contributed by atoms with van der Waals surface area (Å²) in [6, 6.07) is 7.28. The summed E-state index contributed by atoms with van der Waals surface area (Å²) in [5, 5.41) is 10.9. The summed E-state index contributed by atoms with van der Waals surface area (Å²) in [6.45, 7) is 0. The lowest BCUT2D eigenvalue weighted by atomic mass is 10.2. The topological polar surface area (TPSA) is 69.6 Å². The zero-order valence-electron chi connectivity index (χ0n) is 10.5. The molecule has 106 valence electrons. The van der Waals surface area contributed by atoms with E-state index in [1.165, 1.54) is 22.9 Å². The molecule has 0 saturated carbocycles. The third-order valence-electron chi connectivity index (χ3n) is 2.88. The van der Waals surface area contributed by atoms with E-state index in [2.05, 4.69) is 15.5 Å². The van der Waals surface area contributed by atoms with Gasteiger partial charge in [0, 0.05) is 11.6 Å². The molecule has 0 fully saturated rings. The highest BCUT2D eigenvalue weighted by Crippen LogP contribution is 2.23.